The lowest BCUT2D eigenvalue weighted by Gasteiger charge is -2.26. The second-order valence-electron chi connectivity index (χ2n) is 9.43. The minimum Gasteiger partial charge on any atom is -0.443 e. The number of ether oxygens (including phenoxy) is 1. The Morgan fingerprint density at radius 3 is 2.45 bits per heavy atom. The zero-order valence-electron chi connectivity index (χ0n) is 18.0. The number of nitrogens with one attached hydrogen (secondary N) is 1. The minimum absolute atomic E-state index is 0.0329. The van der Waals surface area contributed by atoms with Gasteiger partial charge in [-0.3, -0.25) is 29.2 Å². The first kappa shape index (κ1) is 20.6. The van der Waals surface area contributed by atoms with Crippen molar-refractivity contribution in [2.45, 2.75) is 45.6 Å². The quantitative estimate of drug-likeness (QED) is 0.677. The maximum atomic E-state index is 12.8. The largest absolute Gasteiger partial charge is 0.443 e. The van der Waals surface area contributed by atoms with Crippen LogP contribution < -0.4 is 21.5 Å². The molecule has 2 aromatic rings. The Kier molecular flexibility index (Phi) is 4.29. The van der Waals surface area contributed by atoms with E-state index >= 15 is 0 Å². The van der Waals surface area contributed by atoms with Crippen LogP contribution >= 0.6 is 0 Å². The molecule has 0 radical (unpaired) electrons. The van der Waals surface area contributed by atoms with Crippen LogP contribution in [0.4, 0.5) is 16.3 Å². The number of hydrogen-bond acceptors (Lipinski definition) is 6. The molecule has 3 heterocycles. The van der Waals surface area contributed by atoms with Crippen LogP contribution in [0.3, 0.4) is 0 Å². The second-order valence-corrected chi connectivity index (χ2v) is 9.43. The van der Waals surface area contributed by atoms with Crippen molar-refractivity contribution in [3.8, 4) is 5.69 Å². The molecular formula is C22H24N4O5. The molecule has 3 amide bonds. The van der Waals surface area contributed by atoms with E-state index in [0.29, 0.717) is 17.9 Å². The predicted molar refractivity (Wildman–Crippen MR) is 115 cm³/mol. The van der Waals surface area contributed by atoms with Gasteiger partial charge in [-0.25, -0.2) is 4.79 Å². The summed E-state index contributed by atoms with van der Waals surface area (Å²) < 4.78 is 6.72. The smallest absolute Gasteiger partial charge is 0.414 e. The molecule has 9 heteroatoms. The fraction of sp³-hybridized carbons (Fsp3) is 0.364. The third-order valence-corrected chi connectivity index (χ3v) is 5.38. The van der Waals surface area contributed by atoms with Gasteiger partial charge in [0.2, 0.25) is 0 Å². The molecule has 0 fully saturated rings. The molecule has 31 heavy (non-hydrogen) atoms. The number of carbonyl (C=O) groups excluding carboxylic acids is 3. The number of nitrogens with two attached hydrogens (primary N) is 1. The second kappa shape index (κ2) is 6.44. The number of benzene rings is 1. The summed E-state index contributed by atoms with van der Waals surface area (Å²) in [4.78, 5) is 51.2. The van der Waals surface area contributed by atoms with E-state index in [2.05, 4.69) is 5.32 Å². The van der Waals surface area contributed by atoms with Gasteiger partial charge in [0.1, 0.15) is 11.4 Å². The molecule has 1 aromatic heterocycles. The molecule has 0 spiro atoms. The highest BCUT2D eigenvalue weighted by Crippen LogP contribution is 2.42. The highest BCUT2D eigenvalue weighted by molar-refractivity contribution is 6.23. The van der Waals surface area contributed by atoms with Crippen molar-refractivity contribution >= 4 is 29.4 Å². The number of fused-ring (bicyclic) bond motifs is 2. The average molecular weight is 424 g/mol. The van der Waals surface area contributed by atoms with Crippen LogP contribution in [0.5, 0.6) is 0 Å². The highest BCUT2D eigenvalue weighted by atomic mass is 16.6. The first-order chi connectivity index (χ1) is 14.3. The van der Waals surface area contributed by atoms with Crippen LogP contribution in [0.2, 0.25) is 0 Å². The van der Waals surface area contributed by atoms with Crippen molar-refractivity contribution in [2.75, 3.05) is 17.2 Å². The Morgan fingerprint density at radius 2 is 1.81 bits per heavy atom. The topological polar surface area (TPSA) is 124 Å². The van der Waals surface area contributed by atoms with E-state index in [1.54, 1.807) is 32.9 Å². The summed E-state index contributed by atoms with van der Waals surface area (Å²) in [5.41, 5.74) is 6.42. The fourth-order valence-corrected chi connectivity index (χ4v) is 4.05. The lowest BCUT2D eigenvalue weighted by molar-refractivity contribution is 0.0578. The third-order valence-electron chi connectivity index (χ3n) is 5.38. The summed E-state index contributed by atoms with van der Waals surface area (Å²) in [7, 11) is 0. The molecule has 0 atom stereocenters. The van der Waals surface area contributed by atoms with Crippen molar-refractivity contribution in [1.29, 1.82) is 0 Å². The van der Waals surface area contributed by atoms with Crippen molar-refractivity contribution in [1.82, 2.24) is 9.88 Å². The summed E-state index contributed by atoms with van der Waals surface area (Å²) >= 11 is 0. The molecule has 0 bridgehead atoms. The molecule has 9 nitrogen and oxygen atoms in total. The van der Waals surface area contributed by atoms with Gasteiger partial charge < -0.3 is 10.5 Å². The Bertz CT molecular complexity index is 1220. The summed E-state index contributed by atoms with van der Waals surface area (Å²) in [6.45, 7) is 9.82. The molecule has 0 unspecified atom stereocenters. The number of pyridine rings is 1. The van der Waals surface area contributed by atoms with Crippen molar-refractivity contribution in [3.05, 3.63) is 51.3 Å². The molecule has 2 aliphatic rings. The first-order valence-electron chi connectivity index (χ1n) is 9.87. The van der Waals surface area contributed by atoms with Crippen LogP contribution in [0.15, 0.2) is 29.1 Å². The van der Waals surface area contributed by atoms with E-state index < -0.39 is 29.1 Å². The van der Waals surface area contributed by atoms with Crippen LogP contribution in [-0.2, 0) is 10.2 Å². The van der Waals surface area contributed by atoms with Gasteiger partial charge in [0.05, 0.1) is 22.5 Å². The molecule has 0 saturated carbocycles. The number of amides is 3. The molecule has 1 aromatic carbocycles. The molecule has 162 valence electrons. The van der Waals surface area contributed by atoms with Gasteiger partial charge in [-0.05, 0) is 38.5 Å². The molecule has 0 saturated heterocycles. The van der Waals surface area contributed by atoms with Crippen LogP contribution in [-0.4, -0.2) is 34.6 Å². The molecule has 3 N–H and O–H groups in total. The van der Waals surface area contributed by atoms with Crippen molar-refractivity contribution in [3.63, 3.8) is 0 Å². The van der Waals surface area contributed by atoms with Crippen LogP contribution in [0.25, 0.3) is 5.69 Å². The van der Waals surface area contributed by atoms with E-state index in [1.165, 1.54) is 4.90 Å². The molecule has 0 aliphatic carbocycles. The number of nitrogens with zero attached hydrogens (tertiary/aromatic N) is 2. The molecule has 2 aliphatic heterocycles. The Hall–Kier alpha value is -3.62. The van der Waals surface area contributed by atoms with Crippen LogP contribution in [0, 0.1) is 0 Å². The molecule has 4 rings (SSSR count). The average Bonchev–Trinajstić information content (AvgIpc) is 3.06. The SMILES string of the molecule is CC(C)(C)OC(=O)N1CC(C)(C)c2ccc(-n3c(N)c4c(cc3=O)C(=O)NC4=O)cc21. The normalized spacial score (nSPS) is 16.7. The van der Waals surface area contributed by atoms with Crippen molar-refractivity contribution in [2.24, 2.45) is 0 Å². The predicted octanol–water partition coefficient (Wildman–Crippen LogP) is 2.34. The molecular weight excluding hydrogens is 400 g/mol. The van der Waals surface area contributed by atoms with E-state index in [0.717, 1.165) is 16.2 Å². The number of imide groups is 1. The zero-order chi connectivity index (χ0) is 22.9. The Balaban J connectivity index is 1.86. The number of nitrogen functional groups attached to an aromatic ring is 1. The van der Waals surface area contributed by atoms with Gasteiger partial charge in [0, 0.05) is 18.0 Å². The Labute approximate surface area is 178 Å². The summed E-state index contributed by atoms with van der Waals surface area (Å²) in [6, 6.07) is 6.30. The fourth-order valence-electron chi connectivity index (χ4n) is 4.05. The number of carbonyl (C=O) groups is 3. The monoisotopic (exact) mass is 424 g/mol. The summed E-state index contributed by atoms with van der Waals surface area (Å²) in [5.74, 6) is -1.43. The summed E-state index contributed by atoms with van der Waals surface area (Å²) in [6.07, 6.45) is -0.490. The Morgan fingerprint density at radius 1 is 1.13 bits per heavy atom. The lowest BCUT2D eigenvalue weighted by Crippen LogP contribution is -2.38. The lowest BCUT2D eigenvalue weighted by atomic mass is 9.87. The maximum absolute atomic E-state index is 12.8. The van der Waals surface area contributed by atoms with E-state index in [-0.39, 0.29) is 22.4 Å². The zero-order valence-corrected chi connectivity index (χ0v) is 18.0. The summed E-state index contributed by atoms with van der Waals surface area (Å²) in [5, 5.41) is 2.15. The highest BCUT2D eigenvalue weighted by Gasteiger charge is 2.40. The third kappa shape index (κ3) is 3.26. The van der Waals surface area contributed by atoms with Gasteiger partial charge in [-0.1, -0.05) is 19.9 Å². The first-order valence-corrected chi connectivity index (χ1v) is 9.87. The standard InChI is InChI=1S/C22H24N4O5/c1-21(2,3)31-20(30)25-10-22(4,5)13-7-6-11(8-14(13)25)26-15(27)9-12-16(17(26)23)19(29)24-18(12)28/h6-9H,10,23H2,1-5H3,(H,24,28,29). The van der Waals surface area contributed by atoms with Crippen LogP contribution in [0.1, 0.15) is 60.9 Å². The van der Waals surface area contributed by atoms with Gasteiger partial charge in [-0.2, -0.15) is 0 Å². The van der Waals surface area contributed by atoms with E-state index in [9.17, 15) is 19.2 Å². The number of aromatic nitrogens is 1. The maximum Gasteiger partial charge on any atom is 0.414 e. The minimum atomic E-state index is -0.664. The van der Waals surface area contributed by atoms with E-state index in [4.69, 9.17) is 10.5 Å². The number of anilines is 2. The van der Waals surface area contributed by atoms with Gasteiger partial charge >= 0.3 is 6.09 Å². The number of rotatable bonds is 1. The van der Waals surface area contributed by atoms with E-state index in [1.807, 2.05) is 19.9 Å². The van der Waals surface area contributed by atoms with Crippen molar-refractivity contribution < 1.29 is 19.1 Å². The van der Waals surface area contributed by atoms with Gasteiger partial charge in [-0.15, -0.1) is 0 Å². The van der Waals surface area contributed by atoms with Gasteiger partial charge in [0.25, 0.3) is 17.4 Å². The number of hydrogen-bond donors (Lipinski definition) is 2. The van der Waals surface area contributed by atoms with Gasteiger partial charge in [0.15, 0.2) is 0 Å².